The zero-order chi connectivity index (χ0) is 11.9. The zero-order valence-corrected chi connectivity index (χ0v) is 8.35. The number of aliphatic hydroxyl groups excluding tert-OH is 1. The summed E-state index contributed by atoms with van der Waals surface area (Å²) in [6.07, 6.45) is 1.58. The Balaban J connectivity index is 2.76. The predicted molar refractivity (Wildman–Crippen MR) is 53.8 cm³/mol. The van der Waals surface area contributed by atoms with Crippen LogP contribution in [0.1, 0.15) is 35.0 Å². The number of carbonyl (C=O) groups excluding carboxylic acids is 1. The molecule has 1 atom stereocenters. The van der Waals surface area contributed by atoms with E-state index in [1.165, 1.54) is 6.08 Å². The lowest BCUT2D eigenvalue weighted by atomic mass is 10.2. The maximum absolute atomic E-state index is 11.6. The fourth-order valence-corrected chi connectivity index (χ4v) is 1.49. The van der Waals surface area contributed by atoms with Gasteiger partial charge < -0.3 is 19.9 Å². The minimum absolute atomic E-state index is 0.0817. The third kappa shape index (κ3) is 1.31. The minimum Gasteiger partial charge on any atom is -0.502 e. The van der Waals surface area contributed by atoms with Crippen molar-refractivity contribution in [3.05, 3.63) is 33.4 Å². The molecule has 2 heterocycles. The van der Waals surface area contributed by atoms with E-state index < -0.39 is 23.3 Å². The molecule has 16 heavy (non-hydrogen) atoms. The lowest BCUT2D eigenvalue weighted by Crippen LogP contribution is -2.21. The third-order valence-corrected chi connectivity index (χ3v) is 2.20. The van der Waals surface area contributed by atoms with Crippen molar-refractivity contribution in [3.8, 4) is 5.75 Å². The van der Waals surface area contributed by atoms with Crippen molar-refractivity contribution in [2.45, 2.75) is 13.2 Å². The molecule has 1 aliphatic rings. The average molecular weight is 223 g/mol. The average Bonchev–Trinajstić information content (AvgIpc) is 2.50. The topological polar surface area (TPSA) is 99.8 Å². The standard InChI is InChI=1S/C10H9NO5/c1-2-3-4-6(12)7(13)5-8(16-4)10(15)11-9(5)14/h2-3,10,12,15H,1H3,(H,11,14)/b3-2+. The molecule has 0 saturated heterocycles. The monoisotopic (exact) mass is 223 g/mol. The highest BCUT2D eigenvalue weighted by Crippen LogP contribution is 2.26. The first kappa shape index (κ1) is 10.4. The van der Waals surface area contributed by atoms with Crippen molar-refractivity contribution < 1.29 is 19.4 Å². The van der Waals surface area contributed by atoms with Crippen LogP contribution in [-0.2, 0) is 0 Å². The molecule has 2 rings (SSSR count). The highest BCUT2D eigenvalue weighted by Gasteiger charge is 2.34. The molecule has 1 amide bonds. The summed E-state index contributed by atoms with van der Waals surface area (Å²) in [5.74, 6) is -1.64. The highest BCUT2D eigenvalue weighted by atomic mass is 16.4. The van der Waals surface area contributed by atoms with Crippen LogP contribution in [0.5, 0.6) is 5.75 Å². The predicted octanol–water partition coefficient (Wildman–Crippen LogP) is 0.113. The van der Waals surface area contributed by atoms with Crippen LogP contribution in [0.3, 0.4) is 0 Å². The summed E-state index contributed by atoms with van der Waals surface area (Å²) in [5.41, 5.74) is -1.19. The maximum atomic E-state index is 11.6. The van der Waals surface area contributed by atoms with E-state index in [4.69, 9.17) is 4.42 Å². The van der Waals surface area contributed by atoms with Gasteiger partial charge in [-0.3, -0.25) is 9.59 Å². The van der Waals surface area contributed by atoms with Crippen LogP contribution in [-0.4, -0.2) is 16.1 Å². The Morgan fingerprint density at radius 2 is 2.12 bits per heavy atom. The number of carbonyl (C=O) groups is 1. The number of hydrogen-bond donors (Lipinski definition) is 3. The summed E-state index contributed by atoms with van der Waals surface area (Å²) in [4.78, 5) is 22.9. The Morgan fingerprint density at radius 3 is 2.75 bits per heavy atom. The van der Waals surface area contributed by atoms with Crippen LogP contribution in [0, 0.1) is 0 Å². The van der Waals surface area contributed by atoms with Gasteiger partial charge in [-0.15, -0.1) is 0 Å². The minimum atomic E-state index is -1.35. The van der Waals surface area contributed by atoms with E-state index in [0.717, 1.165) is 0 Å². The molecular formula is C10H9NO5. The molecule has 0 aromatic carbocycles. The van der Waals surface area contributed by atoms with Gasteiger partial charge in [0.15, 0.2) is 17.7 Å². The van der Waals surface area contributed by atoms with Crippen molar-refractivity contribution in [2.24, 2.45) is 0 Å². The molecule has 3 N–H and O–H groups in total. The van der Waals surface area contributed by atoms with Crippen LogP contribution < -0.4 is 10.7 Å². The Bertz CT molecular complexity index is 543. The van der Waals surface area contributed by atoms with Gasteiger partial charge in [-0.1, -0.05) is 6.08 Å². The van der Waals surface area contributed by atoms with Gasteiger partial charge in [0.2, 0.25) is 11.2 Å². The molecule has 84 valence electrons. The second-order valence-corrected chi connectivity index (χ2v) is 3.26. The van der Waals surface area contributed by atoms with Gasteiger partial charge in [-0.25, -0.2) is 0 Å². The number of fused-ring (bicyclic) bond motifs is 1. The van der Waals surface area contributed by atoms with E-state index in [9.17, 15) is 19.8 Å². The Kier molecular flexibility index (Phi) is 2.28. The van der Waals surface area contributed by atoms with Crippen LogP contribution in [0.2, 0.25) is 0 Å². The van der Waals surface area contributed by atoms with Crippen LogP contribution >= 0.6 is 0 Å². The van der Waals surface area contributed by atoms with E-state index in [1.54, 1.807) is 13.0 Å². The quantitative estimate of drug-likeness (QED) is 0.627. The van der Waals surface area contributed by atoms with Crippen LogP contribution in [0.4, 0.5) is 0 Å². The zero-order valence-electron chi connectivity index (χ0n) is 8.35. The van der Waals surface area contributed by atoms with Gasteiger partial charge in [-0.2, -0.15) is 0 Å². The first-order valence-electron chi connectivity index (χ1n) is 4.58. The molecule has 0 fully saturated rings. The Hall–Kier alpha value is -2.08. The van der Waals surface area contributed by atoms with Gasteiger partial charge >= 0.3 is 0 Å². The van der Waals surface area contributed by atoms with Gasteiger partial charge in [0.25, 0.3) is 5.91 Å². The number of rotatable bonds is 1. The number of allylic oxidation sites excluding steroid dienone is 1. The molecule has 0 radical (unpaired) electrons. The van der Waals surface area contributed by atoms with Crippen molar-refractivity contribution in [1.82, 2.24) is 5.32 Å². The molecule has 1 aromatic rings. The third-order valence-electron chi connectivity index (χ3n) is 2.20. The molecule has 1 aliphatic heterocycles. The molecular weight excluding hydrogens is 214 g/mol. The molecule has 0 saturated carbocycles. The summed E-state index contributed by atoms with van der Waals surface area (Å²) in [6, 6.07) is 0. The second kappa shape index (κ2) is 3.49. The van der Waals surface area contributed by atoms with E-state index in [2.05, 4.69) is 5.32 Å². The molecule has 1 aromatic heterocycles. The van der Waals surface area contributed by atoms with E-state index >= 15 is 0 Å². The van der Waals surface area contributed by atoms with E-state index in [0.29, 0.717) is 0 Å². The molecule has 0 spiro atoms. The number of aliphatic hydroxyl groups is 1. The highest BCUT2D eigenvalue weighted by molar-refractivity contribution is 5.98. The van der Waals surface area contributed by atoms with E-state index in [1.807, 2.05) is 0 Å². The fourth-order valence-electron chi connectivity index (χ4n) is 1.49. The van der Waals surface area contributed by atoms with Crippen molar-refractivity contribution in [3.63, 3.8) is 0 Å². The first-order chi connectivity index (χ1) is 7.56. The smallest absolute Gasteiger partial charge is 0.261 e. The summed E-state index contributed by atoms with van der Waals surface area (Å²) < 4.78 is 5.08. The molecule has 1 unspecified atom stereocenters. The van der Waals surface area contributed by atoms with Crippen LogP contribution in [0.15, 0.2) is 15.3 Å². The van der Waals surface area contributed by atoms with Crippen LogP contribution in [0.25, 0.3) is 6.08 Å². The van der Waals surface area contributed by atoms with Crippen molar-refractivity contribution >= 4 is 12.0 Å². The van der Waals surface area contributed by atoms with Crippen molar-refractivity contribution in [2.75, 3.05) is 0 Å². The second-order valence-electron chi connectivity index (χ2n) is 3.26. The van der Waals surface area contributed by atoms with Gasteiger partial charge in [0.1, 0.15) is 5.56 Å². The first-order valence-corrected chi connectivity index (χ1v) is 4.58. The number of aromatic hydroxyl groups is 1. The Labute approximate surface area is 89.8 Å². The lowest BCUT2D eigenvalue weighted by molar-refractivity contribution is 0.0820. The SMILES string of the molecule is C/C=C/c1oc2c(c(=O)c1O)C(=O)NC2O. The summed E-state index contributed by atoms with van der Waals surface area (Å²) >= 11 is 0. The lowest BCUT2D eigenvalue weighted by Gasteiger charge is -2.03. The normalized spacial score (nSPS) is 18.9. The maximum Gasteiger partial charge on any atom is 0.261 e. The Morgan fingerprint density at radius 1 is 1.44 bits per heavy atom. The summed E-state index contributed by atoms with van der Waals surface area (Å²) in [6.45, 7) is 1.67. The van der Waals surface area contributed by atoms with Crippen molar-refractivity contribution in [1.29, 1.82) is 0 Å². The number of amides is 1. The summed E-state index contributed by atoms with van der Waals surface area (Å²) in [5, 5.41) is 21.0. The summed E-state index contributed by atoms with van der Waals surface area (Å²) in [7, 11) is 0. The fraction of sp³-hybridized carbons (Fsp3) is 0.200. The number of hydrogen-bond acceptors (Lipinski definition) is 5. The van der Waals surface area contributed by atoms with E-state index in [-0.39, 0.29) is 17.1 Å². The number of nitrogens with one attached hydrogen (secondary N) is 1. The molecule has 0 bridgehead atoms. The molecule has 6 nitrogen and oxygen atoms in total. The molecule has 0 aliphatic carbocycles. The van der Waals surface area contributed by atoms with Gasteiger partial charge in [-0.05, 0) is 13.0 Å². The van der Waals surface area contributed by atoms with Gasteiger partial charge in [0.05, 0.1) is 0 Å². The molecule has 6 heteroatoms. The van der Waals surface area contributed by atoms with Gasteiger partial charge in [0, 0.05) is 0 Å². The largest absolute Gasteiger partial charge is 0.502 e.